The lowest BCUT2D eigenvalue weighted by atomic mass is 9.78. The van der Waals surface area contributed by atoms with Gasteiger partial charge in [-0.05, 0) is 25.7 Å². The van der Waals surface area contributed by atoms with Crippen molar-refractivity contribution in [1.29, 1.82) is 0 Å². The van der Waals surface area contributed by atoms with Gasteiger partial charge in [0.05, 0.1) is 12.0 Å². The molecule has 0 radical (unpaired) electrons. The number of likely N-dealkylation sites (tertiary alicyclic amines) is 1. The Kier molecular flexibility index (Phi) is 5.07. The van der Waals surface area contributed by atoms with E-state index in [4.69, 9.17) is 0 Å². The fourth-order valence-corrected chi connectivity index (χ4v) is 3.90. The first-order valence-corrected chi connectivity index (χ1v) is 8.48. The summed E-state index contributed by atoms with van der Waals surface area (Å²) in [7, 11) is 0. The molecular weight excluding hydrogens is 266 g/mol. The molecule has 2 amide bonds. The summed E-state index contributed by atoms with van der Waals surface area (Å²) < 4.78 is 0. The highest BCUT2D eigenvalue weighted by atomic mass is 16.3. The van der Waals surface area contributed by atoms with Gasteiger partial charge >= 0.3 is 0 Å². The third-order valence-corrected chi connectivity index (χ3v) is 5.88. The lowest BCUT2D eigenvalue weighted by molar-refractivity contribution is -0.144. The van der Waals surface area contributed by atoms with Gasteiger partial charge in [-0.2, -0.15) is 0 Å². The van der Waals surface area contributed by atoms with Gasteiger partial charge in [0, 0.05) is 18.4 Å². The maximum absolute atomic E-state index is 12.9. The lowest BCUT2D eigenvalue weighted by Gasteiger charge is -2.34. The molecule has 1 heterocycles. The van der Waals surface area contributed by atoms with Gasteiger partial charge in [-0.25, -0.2) is 0 Å². The van der Waals surface area contributed by atoms with Crippen molar-refractivity contribution in [1.82, 2.24) is 4.90 Å². The van der Waals surface area contributed by atoms with Crippen LogP contribution in [0.25, 0.3) is 0 Å². The number of aliphatic hydroxyl groups excluding tert-OH is 1. The van der Waals surface area contributed by atoms with Crippen molar-refractivity contribution >= 4 is 11.8 Å². The topological polar surface area (TPSA) is 57.6 Å². The summed E-state index contributed by atoms with van der Waals surface area (Å²) in [6.07, 6.45) is 8.13. The Morgan fingerprint density at radius 2 is 1.67 bits per heavy atom. The van der Waals surface area contributed by atoms with Crippen molar-refractivity contribution in [3.05, 3.63) is 0 Å². The molecule has 21 heavy (non-hydrogen) atoms. The van der Waals surface area contributed by atoms with Gasteiger partial charge in [-0.15, -0.1) is 0 Å². The van der Waals surface area contributed by atoms with Crippen LogP contribution in [0.5, 0.6) is 0 Å². The smallest absolute Gasteiger partial charge is 0.235 e. The molecule has 2 aliphatic rings. The maximum atomic E-state index is 12.9. The second-order valence-electron chi connectivity index (χ2n) is 7.02. The van der Waals surface area contributed by atoms with E-state index in [9.17, 15) is 14.7 Å². The van der Waals surface area contributed by atoms with Crippen LogP contribution in [0, 0.1) is 10.8 Å². The van der Waals surface area contributed by atoms with E-state index in [1.165, 1.54) is 17.7 Å². The summed E-state index contributed by atoms with van der Waals surface area (Å²) in [6, 6.07) is 0. The fourth-order valence-electron chi connectivity index (χ4n) is 3.90. The van der Waals surface area contributed by atoms with Gasteiger partial charge < -0.3 is 5.11 Å². The molecule has 0 bridgehead atoms. The summed E-state index contributed by atoms with van der Waals surface area (Å²) in [5.41, 5.74) is -0.752. The summed E-state index contributed by atoms with van der Waals surface area (Å²) in [6.45, 7) is 4.46. The van der Waals surface area contributed by atoms with Crippen LogP contribution in [0.4, 0.5) is 0 Å². The van der Waals surface area contributed by atoms with Crippen molar-refractivity contribution in [3.63, 3.8) is 0 Å². The first-order chi connectivity index (χ1) is 10.0. The second kappa shape index (κ2) is 6.47. The number of amides is 2. The van der Waals surface area contributed by atoms with E-state index in [2.05, 4.69) is 0 Å². The first-order valence-electron chi connectivity index (χ1n) is 8.48. The van der Waals surface area contributed by atoms with Gasteiger partial charge in [0.15, 0.2) is 0 Å². The summed E-state index contributed by atoms with van der Waals surface area (Å²) >= 11 is 0. The summed E-state index contributed by atoms with van der Waals surface area (Å²) in [4.78, 5) is 26.8. The quantitative estimate of drug-likeness (QED) is 0.793. The normalized spacial score (nSPS) is 22.9. The zero-order valence-electron chi connectivity index (χ0n) is 13.5. The fraction of sp³-hybridized carbons (Fsp3) is 0.882. The Hall–Kier alpha value is -0.900. The molecule has 0 aromatic rings. The van der Waals surface area contributed by atoms with Crippen LogP contribution in [0.2, 0.25) is 0 Å². The van der Waals surface area contributed by atoms with Crippen molar-refractivity contribution in [2.24, 2.45) is 10.8 Å². The Balaban J connectivity index is 2.18. The highest BCUT2D eigenvalue weighted by Gasteiger charge is 2.52. The molecule has 1 N–H and O–H groups in total. The molecule has 2 fully saturated rings. The third-order valence-electron chi connectivity index (χ3n) is 5.88. The van der Waals surface area contributed by atoms with Gasteiger partial charge in [0.1, 0.15) is 0 Å². The van der Waals surface area contributed by atoms with Crippen molar-refractivity contribution in [2.75, 3.05) is 13.2 Å². The molecule has 1 saturated carbocycles. The predicted octanol–water partition coefficient (Wildman–Crippen LogP) is 2.88. The Morgan fingerprint density at radius 1 is 1.10 bits per heavy atom. The molecule has 1 aliphatic carbocycles. The lowest BCUT2D eigenvalue weighted by Crippen LogP contribution is -2.44. The van der Waals surface area contributed by atoms with E-state index in [0.717, 1.165) is 38.5 Å². The first kappa shape index (κ1) is 16.5. The van der Waals surface area contributed by atoms with Crippen LogP contribution in [0.3, 0.4) is 0 Å². The molecule has 0 aromatic heterocycles. The largest absolute Gasteiger partial charge is 0.396 e. The molecule has 0 atom stereocenters. The van der Waals surface area contributed by atoms with E-state index in [1.807, 2.05) is 13.8 Å². The minimum absolute atomic E-state index is 0.0263. The number of rotatable bonds is 5. The van der Waals surface area contributed by atoms with Crippen LogP contribution in [-0.2, 0) is 9.59 Å². The van der Waals surface area contributed by atoms with Gasteiger partial charge in [0.25, 0.3) is 0 Å². The number of carbonyl (C=O) groups excluding carboxylic acids is 2. The van der Waals surface area contributed by atoms with Crippen molar-refractivity contribution in [2.45, 2.75) is 71.6 Å². The zero-order chi connectivity index (χ0) is 15.5. The van der Waals surface area contributed by atoms with Crippen LogP contribution < -0.4 is 0 Å². The summed E-state index contributed by atoms with van der Waals surface area (Å²) in [5.74, 6) is 0.00995. The molecule has 1 saturated heterocycles. The average Bonchev–Trinajstić information content (AvgIpc) is 2.68. The predicted molar refractivity (Wildman–Crippen MR) is 81.6 cm³/mol. The number of aliphatic hydroxyl groups is 1. The van der Waals surface area contributed by atoms with E-state index in [1.54, 1.807) is 0 Å². The zero-order valence-corrected chi connectivity index (χ0v) is 13.5. The number of nitrogens with zero attached hydrogens (tertiary/aromatic N) is 1. The SMILES string of the molecule is CCC(CC)(CO)CN1C(=O)CC2(CCCCCC2)C1=O. The number of carbonyl (C=O) groups is 2. The van der Waals surface area contributed by atoms with Gasteiger partial charge in [-0.3, -0.25) is 14.5 Å². The molecular formula is C17H29NO3. The van der Waals surface area contributed by atoms with E-state index >= 15 is 0 Å². The highest BCUT2D eigenvalue weighted by Crippen LogP contribution is 2.45. The Morgan fingerprint density at radius 3 is 2.14 bits per heavy atom. The molecule has 4 nitrogen and oxygen atoms in total. The molecule has 4 heteroatoms. The van der Waals surface area contributed by atoms with Gasteiger partial charge in [0.2, 0.25) is 11.8 Å². The molecule has 0 aromatic carbocycles. The van der Waals surface area contributed by atoms with Crippen LogP contribution >= 0.6 is 0 Å². The molecule has 2 rings (SSSR count). The third kappa shape index (κ3) is 3.01. The van der Waals surface area contributed by atoms with E-state index < -0.39 is 5.41 Å². The maximum Gasteiger partial charge on any atom is 0.235 e. The average molecular weight is 295 g/mol. The second-order valence-corrected chi connectivity index (χ2v) is 7.02. The highest BCUT2D eigenvalue weighted by molar-refractivity contribution is 6.05. The number of imide groups is 1. The van der Waals surface area contributed by atoms with E-state index in [-0.39, 0.29) is 23.8 Å². The van der Waals surface area contributed by atoms with Crippen LogP contribution in [0.1, 0.15) is 71.6 Å². The van der Waals surface area contributed by atoms with Gasteiger partial charge in [-0.1, -0.05) is 39.5 Å². The minimum atomic E-state index is -0.420. The monoisotopic (exact) mass is 295 g/mol. The standard InChI is InChI=1S/C17H29NO3/c1-3-16(4-2,13-19)12-18-14(20)11-17(15(18)21)9-7-5-6-8-10-17/h19H,3-13H2,1-2H3. The number of hydrogen-bond donors (Lipinski definition) is 1. The van der Waals surface area contributed by atoms with Crippen molar-refractivity contribution in [3.8, 4) is 0 Å². The van der Waals surface area contributed by atoms with Crippen LogP contribution in [0.15, 0.2) is 0 Å². The Labute approximate surface area is 127 Å². The Bertz CT molecular complexity index is 385. The van der Waals surface area contributed by atoms with Crippen molar-refractivity contribution < 1.29 is 14.7 Å². The molecule has 120 valence electrons. The number of hydrogen-bond acceptors (Lipinski definition) is 3. The molecule has 0 unspecified atom stereocenters. The minimum Gasteiger partial charge on any atom is -0.396 e. The molecule has 1 aliphatic heterocycles. The van der Waals surface area contributed by atoms with E-state index in [0.29, 0.717) is 13.0 Å². The summed E-state index contributed by atoms with van der Waals surface area (Å²) in [5, 5.41) is 9.71. The molecule has 1 spiro atoms. The van der Waals surface area contributed by atoms with Crippen LogP contribution in [-0.4, -0.2) is 35.0 Å².